The molecule has 4 rings (SSSR count). The molecule has 0 N–H and O–H groups in total. The highest BCUT2D eigenvalue weighted by Crippen LogP contribution is 2.19. The minimum Gasteiger partial charge on any atom is -0.456 e. The lowest BCUT2D eigenvalue weighted by Crippen LogP contribution is -2.38. The molecule has 0 bridgehead atoms. The fourth-order valence-corrected chi connectivity index (χ4v) is 3.14. The van der Waals surface area contributed by atoms with E-state index in [1.807, 2.05) is 30.5 Å². The van der Waals surface area contributed by atoms with Gasteiger partial charge in [-0.2, -0.15) is 0 Å². The molecule has 0 aliphatic carbocycles. The zero-order chi connectivity index (χ0) is 19.0. The summed E-state index contributed by atoms with van der Waals surface area (Å²) in [4.78, 5) is 14.4. The van der Waals surface area contributed by atoms with Gasteiger partial charge in [-0.25, -0.2) is 0 Å². The molecule has 6 nitrogen and oxygen atoms in total. The number of hydrogen-bond donors (Lipinski definition) is 0. The van der Waals surface area contributed by atoms with Crippen LogP contribution in [0.5, 0.6) is 0 Å². The molecule has 7 heteroatoms. The molecule has 0 unspecified atom stereocenters. The monoisotopic (exact) mass is 380 g/mol. The highest BCUT2D eigenvalue weighted by molar-refractivity contribution is 6.30. The van der Waals surface area contributed by atoms with E-state index in [0.717, 1.165) is 16.9 Å². The zero-order valence-electron chi connectivity index (χ0n) is 15.0. The van der Waals surface area contributed by atoms with E-state index in [2.05, 4.69) is 22.0 Å². The lowest BCUT2D eigenvalue weighted by molar-refractivity contribution is 0.0673. The number of carbonyl (C=O) groups excluding carboxylic acids is 1. The Kier molecular flexibility index (Phi) is 4.46. The Morgan fingerprint density at radius 3 is 2.78 bits per heavy atom. The van der Waals surface area contributed by atoms with Gasteiger partial charge in [0.05, 0.1) is 6.54 Å². The quantitative estimate of drug-likeness (QED) is 0.608. The van der Waals surface area contributed by atoms with E-state index < -0.39 is 0 Å². The Morgan fingerprint density at radius 2 is 2.04 bits per heavy atom. The predicted octanol–water partition coefficient (Wildman–Crippen LogP) is 3.20. The van der Waals surface area contributed by atoms with Crippen LogP contribution in [0.15, 0.2) is 34.7 Å². The van der Waals surface area contributed by atoms with Gasteiger partial charge in [-0.15, -0.1) is 10.2 Å². The topological polar surface area (TPSA) is 64.2 Å². The molecular weight excluding hydrogens is 364 g/mol. The predicted molar refractivity (Wildman–Crippen MR) is 100 cm³/mol. The van der Waals surface area contributed by atoms with Gasteiger partial charge in [0.15, 0.2) is 11.6 Å². The largest absolute Gasteiger partial charge is 0.456 e. The summed E-state index contributed by atoms with van der Waals surface area (Å²) >= 11 is 5.98. The van der Waals surface area contributed by atoms with E-state index >= 15 is 0 Å². The molecule has 3 heterocycles. The number of hydrogen-bond acceptors (Lipinski definition) is 4. The molecule has 0 atom stereocenters. The standard InChI is InChI=1S/C20H17ClN4O2/c1-13-10-17(27-14(13)2)20(26)24-8-9-25-18(22-23-19(25)12-24)7-6-15-4-3-5-16(21)11-15/h3-5,10-11H,8-9,12H2,1-2H3. The fourth-order valence-electron chi connectivity index (χ4n) is 2.95. The van der Waals surface area contributed by atoms with Crippen molar-refractivity contribution in [2.24, 2.45) is 0 Å². The third kappa shape index (κ3) is 3.46. The number of fused-ring (bicyclic) bond motifs is 1. The van der Waals surface area contributed by atoms with Gasteiger partial charge in [-0.3, -0.25) is 4.79 Å². The van der Waals surface area contributed by atoms with E-state index in [4.69, 9.17) is 16.0 Å². The maximum atomic E-state index is 12.7. The number of halogens is 1. The molecule has 1 aromatic carbocycles. The molecule has 1 aliphatic heterocycles. The summed E-state index contributed by atoms with van der Waals surface area (Å²) < 4.78 is 7.50. The second-order valence-electron chi connectivity index (χ2n) is 6.43. The van der Waals surface area contributed by atoms with Crippen LogP contribution < -0.4 is 0 Å². The summed E-state index contributed by atoms with van der Waals surface area (Å²) in [6, 6.07) is 9.13. The van der Waals surface area contributed by atoms with Crippen molar-refractivity contribution in [3.63, 3.8) is 0 Å². The smallest absolute Gasteiger partial charge is 0.290 e. The van der Waals surface area contributed by atoms with Crippen LogP contribution in [0.2, 0.25) is 5.02 Å². The molecule has 1 aliphatic rings. The van der Waals surface area contributed by atoms with Crippen molar-refractivity contribution < 1.29 is 9.21 Å². The number of aromatic nitrogens is 3. The maximum Gasteiger partial charge on any atom is 0.290 e. The van der Waals surface area contributed by atoms with Crippen LogP contribution in [0.1, 0.15) is 39.1 Å². The van der Waals surface area contributed by atoms with Crippen LogP contribution >= 0.6 is 11.6 Å². The van der Waals surface area contributed by atoms with Crippen LogP contribution in [0.4, 0.5) is 0 Å². The van der Waals surface area contributed by atoms with Crippen molar-refractivity contribution in [1.29, 1.82) is 0 Å². The molecule has 3 aromatic rings. The van der Waals surface area contributed by atoms with Crippen LogP contribution in [0.3, 0.4) is 0 Å². The molecule has 27 heavy (non-hydrogen) atoms. The molecule has 0 spiro atoms. The van der Waals surface area contributed by atoms with Crippen molar-refractivity contribution in [3.05, 3.63) is 69.7 Å². The first kappa shape index (κ1) is 17.4. The molecule has 2 aromatic heterocycles. The minimum atomic E-state index is -0.132. The summed E-state index contributed by atoms with van der Waals surface area (Å²) in [5.74, 6) is 8.38. The van der Waals surface area contributed by atoms with Crippen molar-refractivity contribution in [1.82, 2.24) is 19.7 Å². The van der Waals surface area contributed by atoms with E-state index in [0.29, 0.717) is 42.1 Å². The Balaban J connectivity index is 1.53. The van der Waals surface area contributed by atoms with Gasteiger partial charge >= 0.3 is 0 Å². The fraction of sp³-hybridized carbons (Fsp3) is 0.250. The molecule has 136 valence electrons. The summed E-state index contributed by atoms with van der Waals surface area (Å²) in [7, 11) is 0. The lowest BCUT2D eigenvalue weighted by Gasteiger charge is -2.26. The van der Waals surface area contributed by atoms with Gasteiger partial charge in [0, 0.05) is 23.7 Å². The summed E-state index contributed by atoms with van der Waals surface area (Å²) in [5, 5.41) is 9.00. The SMILES string of the molecule is Cc1cc(C(=O)N2CCn3c(C#Cc4cccc(Cl)c4)nnc3C2)oc1C. The van der Waals surface area contributed by atoms with E-state index in [-0.39, 0.29) is 5.91 Å². The van der Waals surface area contributed by atoms with Gasteiger partial charge in [-0.05, 0) is 49.6 Å². The first-order chi connectivity index (χ1) is 13.0. The van der Waals surface area contributed by atoms with Gasteiger partial charge in [-0.1, -0.05) is 23.6 Å². The van der Waals surface area contributed by atoms with E-state index in [1.165, 1.54) is 0 Å². The third-order valence-corrected chi connectivity index (χ3v) is 4.80. The minimum absolute atomic E-state index is 0.132. The van der Waals surface area contributed by atoms with Crippen molar-refractivity contribution in [3.8, 4) is 11.8 Å². The number of rotatable bonds is 1. The molecule has 1 amide bonds. The van der Waals surface area contributed by atoms with Crippen molar-refractivity contribution >= 4 is 17.5 Å². The number of carbonyl (C=O) groups is 1. The molecular formula is C20H17ClN4O2. The van der Waals surface area contributed by atoms with Crippen molar-refractivity contribution in [2.45, 2.75) is 26.9 Å². The second kappa shape index (κ2) is 6.93. The second-order valence-corrected chi connectivity index (χ2v) is 6.86. The number of aryl methyl sites for hydroxylation is 2. The maximum absolute atomic E-state index is 12.7. The summed E-state index contributed by atoms with van der Waals surface area (Å²) in [6.45, 7) is 5.29. The molecule has 0 fully saturated rings. The summed E-state index contributed by atoms with van der Waals surface area (Å²) in [5.41, 5.74) is 1.79. The average Bonchev–Trinajstić information content (AvgIpc) is 3.22. The van der Waals surface area contributed by atoms with Gasteiger partial charge in [0.1, 0.15) is 5.76 Å². The number of amides is 1. The molecule has 0 saturated heterocycles. The average molecular weight is 381 g/mol. The van der Waals surface area contributed by atoms with Gasteiger partial charge < -0.3 is 13.9 Å². The molecule has 0 saturated carbocycles. The van der Waals surface area contributed by atoms with E-state index in [9.17, 15) is 4.79 Å². The lowest BCUT2D eigenvalue weighted by atomic mass is 10.2. The highest BCUT2D eigenvalue weighted by atomic mass is 35.5. The van der Waals surface area contributed by atoms with E-state index in [1.54, 1.807) is 23.1 Å². The Bertz CT molecular complexity index is 1070. The Hall–Kier alpha value is -3.04. The first-order valence-corrected chi connectivity index (χ1v) is 8.95. The van der Waals surface area contributed by atoms with Crippen LogP contribution in [-0.4, -0.2) is 32.1 Å². The van der Waals surface area contributed by atoms with Gasteiger partial charge in [0.2, 0.25) is 5.82 Å². The zero-order valence-corrected chi connectivity index (χ0v) is 15.7. The third-order valence-electron chi connectivity index (χ3n) is 4.56. The van der Waals surface area contributed by atoms with Gasteiger partial charge in [0.25, 0.3) is 5.91 Å². The number of nitrogens with zero attached hydrogens (tertiary/aromatic N) is 4. The molecule has 0 radical (unpaired) electrons. The normalized spacial score (nSPS) is 13.1. The summed E-state index contributed by atoms with van der Waals surface area (Å²) in [6.07, 6.45) is 0. The van der Waals surface area contributed by atoms with Crippen LogP contribution in [0.25, 0.3) is 0 Å². The highest BCUT2D eigenvalue weighted by Gasteiger charge is 2.26. The van der Waals surface area contributed by atoms with Crippen LogP contribution in [-0.2, 0) is 13.1 Å². The van der Waals surface area contributed by atoms with Crippen molar-refractivity contribution in [2.75, 3.05) is 6.54 Å². The number of benzene rings is 1. The Morgan fingerprint density at radius 1 is 1.19 bits per heavy atom. The van der Waals surface area contributed by atoms with Crippen LogP contribution in [0, 0.1) is 25.7 Å². The Labute approximate surface area is 161 Å². The number of furan rings is 1. The first-order valence-electron chi connectivity index (χ1n) is 8.57.